The molecule has 0 saturated carbocycles. The molecule has 0 spiro atoms. The minimum Gasteiger partial charge on any atom is -0.436 e. The SMILES string of the molecule is [CH2]C(O)OC(=O)CCCCCCCCCCC. The topological polar surface area (TPSA) is 46.5 Å². The molecule has 0 fully saturated rings. The zero-order chi connectivity index (χ0) is 12.9. The van der Waals surface area contributed by atoms with Crippen LogP contribution < -0.4 is 0 Å². The Kier molecular flexibility index (Phi) is 11.5. The molecule has 0 aromatic heterocycles. The monoisotopic (exact) mass is 243 g/mol. The third-order valence-electron chi connectivity index (χ3n) is 2.75. The summed E-state index contributed by atoms with van der Waals surface area (Å²) in [5, 5.41) is 8.71. The van der Waals surface area contributed by atoms with Crippen LogP contribution in [-0.2, 0) is 9.53 Å². The van der Waals surface area contributed by atoms with Crippen molar-refractivity contribution in [1.82, 2.24) is 0 Å². The highest BCUT2D eigenvalue weighted by molar-refractivity contribution is 5.69. The van der Waals surface area contributed by atoms with Gasteiger partial charge in [0.2, 0.25) is 6.29 Å². The van der Waals surface area contributed by atoms with Gasteiger partial charge >= 0.3 is 5.97 Å². The number of rotatable bonds is 11. The Morgan fingerprint density at radius 1 is 1.06 bits per heavy atom. The van der Waals surface area contributed by atoms with E-state index in [0.717, 1.165) is 12.8 Å². The van der Waals surface area contributed by atoms with E-state index >= 15 is 0 Å². The van der Waals surface area contributed by atoms with E-state index in [9.17, 15) is 4.79 Å². The molecular weight excluding hydrogens is 216 g/mol. The van der Waals surface area contributed by atoms with Crippen LogP contribution in [0.3, 0.4) is 0 Å². The van der Waals surface area contributed by atoms with Gasteiger partial charge in [-0.3, -0.25) is 4.79 Å². The Bertz CT molecular complexity index is 178. The van der Waals surface area contributed by atoms with E-state index in [1.54, 1.807) is 0 Å². The van der Waals surface area contributed by atoms with E-state index in [0.29, 0.717) is 6.42 Å². The van der Waals surface area contributed by atoms with Crippen LogP contribution in [0.5, 0.6) is 0 Å². The van der Waals surface area contributed by atoms with Gasteiger partial charge in [-0.15, -0.1) is 0 Å². The van der Waals surface area contributed by atoms with Crippen LogP contribution in [0, 0.1) is 6.92 Å². The lowest BCUT2D eigenvalue weighted by atomic mass is 10.1. The highest BCUT2D eigenvalue weighted by Gasteiger charge is 2.05. The smallest absolute Gasteiger partial charge is 0.308 e. The molecule has 1 unspecified atom stereocenters. The summed E-state index contributed by atoms with van der Waals surface area (Å²) in [4.78, 5) is 11.0. The van der Waals surface area contributed by atoms with E-state index in [1.807, 2.05) is 0 Å². The van der Waals surface area contributed by atoms with E-state index in [4.69, 9.17) is 5.11 Å². The molecule has 3 heteroatoms. The van der Waals surface area contributed by atoms with Gasteiger partial charge in [-0.25, -0.2) is 0 Å². The summed E-state index contributed by atoms with van der Waals surface area (Å²) in [6.07, 6.45) is 10.2. The van der Waals surface area contributed by atoms with Gasteiger partial charge in [0.15, 0.2) is 0 Å². The molecule has 0 rings (SSSR count). The number of unbranched alkanes of at least 4 members (excludes halogenated alkanes) is 8. The third-order valence-corrected chi connectivity index (χ3v) is 2.75. The first kappa shape index (κ1) is 16.4. The number of aliphatic hydroxyl groups excluding tert-OH is 1. The first-order valence-electron chi connectivity index (χ1n) is 6.87. The summed E-state index contributed by atoms with van der Waals surface area (Å²) in [6.45, 7) is 5.41. The van der Waals surface area contributed by atoms with Crippen molar-refractivity contribution in [1.29, 1.82) is 0 Å². The van der Waals surface area contributed by atoms with Gasteiger partial charge in [0.05, 0.1) is 0 Å². The highest BCUT2D eigenvalue weighted by atomic mass is 16.6. The standard InChI is InChI=1S/C14H27O3/c1-3-4-5-6-7-8-9-10-11-12-14(16)17-13(2)15/h13,15H,2-12H2,1H3. The molecule has 1 atom stereocenters. The third kappa shape index (κ3) is 13.4. The fourth-order valence-corrected chi connectivity index (χ4v) is 1.79. The molecule has 1 radical (unpaired) electrons. The maximum atomic E-state index is 11.0. The number of hydrogen-bond acceptors (Lipinski definition) is 3. The van der Waals surface area contributed by atoms with Crippen molar-refractivity contribution >= 4 is 5.97 Å². The van der Waals surface area contributed by atoms with Gasteiger partial charge in [-0.05, 0) is 6.42 Å². The number of carbonyl (C=O) groups excluding carboxylic acids is 1. The zero-order valence-electron chi connectivity index (χ0n) is 11.1. The van der Waals surface area contributed by atoms with E-state index in [-0.39, 0.29) is 5.97 Å². The first-order chi connectivity index (χ1) is 8.16. The number of ether oxygens (including phenoxy) is 1. The van der Waals surface area contributed by atoms with Gasteiger partial charge in [0.25, 0.3) is 0 Å². The molecule has 0 bridgehead atoms. The summed E-state index contributed by atoms with van der Waals surface area (Å²) in [7, 11) is 0. The van der Waals surface area contributed by atoms with Crippen molar-refractivity contribution in [3.05, 3.63) is 6.92 Å². The number of carbonyl (C=O) groups is 1. The highest BCUT2D eigenvalue weighted by Crippen LogP contribution is 2.10. The van der Waals surface area contributed by atoms with E-state index in [2.05, 4.69) is 18.6 Å². The fraction of sp³-hybridized carbons (Fsp3) is 0.857. The zero-order valence-corrected chi connectivity index (χ0v) is 11.1. The number of hydrogen-bond donors (Lipinski definition) is 1. The molecule has 17 heavy (non-hydrogen) atoms. The Balaban J connectivity index is 3.10. The van der Waals surface area contributed by atoms with Crippen LogP contribution >= 0.6 is 0 Å². The molecule has 3 nitrogen and oxygen atoms in total. The summed E-state index contributed by atoms with van der Waals surface area (Å²) < 4.78 is 4.53. The summed E-state index contributed by atoms with van der Waals surface area (Å²) in [5.41, 5.74) is 0. The lowest BCUT2D eigenvalue weighted by Crippen LogP contribution is -2.13. The van der Waals surface area contributed by atoms with Crippen molar-refractivity contribution in [3.8, 4) is 0 Å². The minimum absolute atomic E-state index is 0.351. The predicted octanol–water partition coefficient (Wildman–Crippen LogP) is 3.60. The molecule has 0 aliphatic rings. The normalized spacial score (nSPS) is 12.4. The molecule has 0 aromatic rings. The lowest BCUT2D eigenvalue weighted by Gasteiger charge is -2.06. The molecule has 0 heterocycles. The number of aliphatic hydroxyl groups is 1. The molecule has 0 saturated heterocycles. The van der Waals surface area contributed by atoms with Crippen molar-refractivity contribution in [2.45, 2.75) is 77.4 Å². The minimum atomic E-state index is -1.22. The largest absolute Gasteiger partial charge is 0.436 e. The second-order valence-electron chi connectivity index (χ2n) is 4.52. The second kappa shape index (κ2) is 11.9. The Labute approximate surface area is 106 Å². The molecule has 0 aromatic carbocycles. The van der Waals surface area contributed by atoms with Crippen LogP contribution in [0.15, 0.2) is 0 Å². The molecule has 1 N–H and O–H groups in total. The first-order valence-corrected chi connectivity index (χ1v) is 6.87. The second-order valence-corrected chi connectivity index (χ2v) is 4.52. The van der Waals surface area contributed by atoms with Gasteiger partial charge in [0.1, 0.15) is 0 Å². The van der Waals surface area contributed by atoms with Crippen LogP contribution in [0.25, 0.3) is 0 Å². The van der Waals surface area contributed by atoms with E-state index in [1.165, 1.54) is 44.9 Å². The molecule has 0 aliphatic heterocycles. The average Bonchev–Trinajstić information content (AvgIpc) is 2.26. The Hall–Kier alpha value is -0.570. The molecule has 0 aliphatic carbocycles. The summed E-state index contributed by atoms with van der Waals surface area (Å²) in [6, 6.07) is 0. The van der Waals surface area contributed by atoms with Crippen LogP contribution in [-0.4, -0.2) is 17.4 Å². The molecule has 0 amide bonds. The van der Waals surface area contributed by atoms with Gasteiger partial charge in [-0.1, -0.05) is 58.3 Å². The average molecular weight is 243 g/mol. The number of esters is 1. The van der Waals surface area contributed by atoms with Crippen LogP contribution in [0.1, 0.15) is 71.1 Å². The van der Waals surface area contributed by atoms with Crippen LogP contribution in [0.2, 0.25) is 0 Å². The Morgan fingerprint density at radius 3 is 2.00 bits per heavy atom. The van der Waals surface area contributed by atoms with Crippen LogP contribution in [0.4, 0.5) is 0 Å². The molecule has 101 valence electrons. The molecular formula is C14H27O3. The van der Waals surface area contributed by atoms with Crippen molar-refractivity contribution in [3.63, 3.8) is 0 Å². The maximum Gasteiger partial charge on any atom is 0.308 e. The Morgan fingerprint density at radius 2 is 1.53 bits per heavy atom. The van der Waals surface area contributed by atoms with Gasteiger partial charge in [0, 0.05) is 13.3 Å². The summed E-state index contributed by atoms with van der Waals surface area (Å²) in [5.74, 6) is -0.351. The summed E-state index contributed by atoms with van der Waals surface area (Å²) >= 11 is 0. The predicted molar refractivity (Wildman–Crippen MR) is 69.3 cm³/mol. The quantitative estimate of drug-likeness (QED) is 0.342. The van der Waals surface area contributed by atoms with Crippen molar-refractivity contribution in [2.24, 2.45) is 0 Å². The van der Waals surface area contributed by atoms with Gasteiger partial charge in [-0.2, -0.15) is 0 Å². The van der Waals surface area contributed by atoms with Gasteiger partial charge < -0.3 is 9.84 Å². The van der Waals surface area contributed by atoms with Crippen molar-refractivity contribution < 1.29 is 14.6 Å². The van der Waals surface area contributed by atoms with Crippen molar-refractivity contribution in [2.75, 3.05) is 0 Å². The lowest BCUT2D eigenvalue weighted by molar-refractivity contribution is -0.161. The maximum absolute atomic E-state index is 11.0. The fourth-order valence-electron chi connectivity index (χ4n) is 1.79. The van der Waals surface area contributed by atoms with E-state index < -0.39 is 6.29 Å².